The van der Waals surface area contributed by atoms with Crippen molar-refractivity contribution in [2.24, 2.45) is 28.6 Å². The fourth-order valence-corrected chi connectivity index (χ4v) is 12.9. The smallest absolute Gasteiger partial charge is 0.306 e. The molecule has 4 aliphatic carbocycles. The molecule has 46 heavy (non-hydrogen) atoms. The molecule has 0 radical (unpaired) electrons. The van der Waals surface area contributed by atoms with Gasteiger partial charge in [0.25, 0.3) is 0 Å². The van der Waals surface area contributed by atoms with Crippen molar-refractivity contribution in [1.82, 2.24) is 4.40 Å². The molecule has 2 aliphatic heterocycles. The molecule has 8 atom stereocenters. The van der Waals surface area contributed by atoms with Gasteiger partial charge in [-0.15, -0.1) is 0 Å². The molecule has 3 fully saturated rings. The number of allylic oxidation sites excluding steroid dienone is 1. The van der Waals surface area contributed by atoms with E-state index in [-0.39, 0.29) is 40.0 Å². The summed E-state index contributed by atoms with van der Waals surface area (Å²) in [6, 6.07) is 2.35. The Balaban J connectivity index is 1.33. The monoisotopic (exact) mass is 623 g/mol. The van der Waals surface area contributed by atoms with E-state index in [0.29, 0.717) is 18.3 Å². The van der Waals surface area contributed by atoms with Crippen LogP contribution in [0.4, 0.5) is 0 Å². The van der Waals surface area contributed by atoms with E-state index in [9.17, 15) is 15.0 Å². The molecule has 6 heteroatoms. The van der Waals surface area contributed by atoms with Crippen LogP contribution in [0.1, 0.15) is 128 Å². The molecule has 1 saturated heterocycles. The van der Waals surface area contributed by atoms with Crippen LogP contribution in [0.2, 0.25) is 0 Å². The third kappa shape index (κ3) is 3.11. The number of ether oxygens (including phenoxy) is 2. The van der Waals surface area contributed by atoms with Gasteiger partial charge >= 0.3 is 5.97 Å². The van der Waals surface area contributed by atoms with Crippen LogP contribution in [0.15, 0.2) is 18.7 Å². The second-order valence-corrected chi connectivity index (χ2v) is 17.8. The van der Waals surface area contributed by atoms with Crippen LogP contribution in [0.5, 0.6) is 5.75 Å². The molecular weight excluding hydrogens is 574 g/mol. The third-order valence-corrected chi connectivity index (χ3v) is 14.6. The fourth-order valence-electron chi connectivity index (χ4n) is 12.9. The highest BCUT2D eigenvalue weighted by atomic mass is 16.5. The Labute approximate surface area is 272 Å². The van der Waals surface area contributed by atoms with Crippen molar-refractivity contribution in [2.75, 3.05) is 0 Å². The highest BCUT2D eigenvalue weighted by Gasteiger charge is 2.68. The van der Waals surface area contributed by atoms with Gasteiger partial charge in [0.2, 0.25) is 0 Å². The Morgan fingerprint density at radius 2 is 1.80 bits per heavy atom. The molecule has 9 rings (SSSR count). The zero-order valence-electron chi connectivity index (χ0n) is 28.8. The van der Waals surface area contributed by atoms with E-state index in [1.807, 2.05) is 6.92 Å². The van der Waals surface area contributed by atoms with Crippen LogP contribution in [0.3, 0.4) is 0 Å². The number of hydrogen-bond donors (Lipinski definition) is 2. The Morgan fingerprint density at radius 3 is 2.52 bits per heavy atom. The van der Waals surface area contributed by atoms with Gasteiger partial charge in [0.05, 0.1) is 28.5 Å². The first-order chi connectivity index (χ1) is 21.5. The Hall–Kier alpha value is -2.83. The Kier molecular flexibility index (Phi) is 5.36. The largest absolute Gasteiger partial charge is 0.505 e. The van der Waals surface area contributed by atoms with Crippen molar-refractivity contribution in [3.63, 3.8) is 0 Å². The van der Waals surface area contributed by atoms with Gasteiger partial charge in [0, 0.05) is 45.2 Å². The summed E-state index contributed by atoms with van der Waals surface area (Å²) < 4.78 is 15.0. The summed E-state index contributed by atoms with van der Waals surface area (Å²) in [5.41, 5.74) is 7.17. The topological polar surface area (TPSA) is 80.4 Å². The Morgan fingerprint density at radius 1 is 1.07 bits per heavy atom. The molecule has 6 nitrogen and oxygen atoms in total. The summed E-state index contributed by atoms with van der Waals surface area (Å²) in [6.45, 7) is 22.2. The highest BCUT2D eigenvalue weighted by Crippen LogP contribution is 2.72. The predicted molar refractivity (Wildman–Crippen MR) is 180 cm³/mol. The molecule has 4 unspecified atom stereocenters. The van der Waals surface area contributed by atoms with E-state index in [1.54, 1.807) is 0 Å². The first-order valence-corrected chi connectivity index (χ1v) is 17.6. The molecule has 6 aliphatic rings. The number of fused-ring (bicyclic) bond motifs is 13. The van der Waals surface area contributed by atoms with Crippen LogP contribution in [-0.2, 0) is 26.1 Å². The molecule has 2 saturated carbocycles. The average molecular weight is 624 g/mol. The average Bonchev–Trinajstić information content (AvgIpc) is 3.62. The van der Waals surface area contributed by atoms with E-state index in [4.69, 9.17) is 9.47 Å². The van der Waals surface area contributed by atoms with Crippen LogP contribution >= 0.6 is 0 Å². The van der Waals surface area contributed by atoms with Gasteiger partial charge in [0.1, 0.15) is 11.9 Å². The van der Waals surface area contributed by atoms with Crippen molar-refractivity contribution >= 4 is 33.4 Å². The van der Waals surface area contributed by atoms with Crippen LogP contribution in [0, 0.1) is 28.6 Å². The lowest BCUT2D eigenvalue weighted by Crippen LogP contribution is -2.63. The van der Waals surface area contributed by atoms with E-state index in [2.05, 4.69) is 71.6 Å². The summed E-state index contributed by atoms with van der Waals surface area (Å²) in [7, 11) is 0. The molecule has 2 N–H and O–H groups in total. The lowest BCUT2D eigenvalue weighted by Gasteiger charge is -2.65. The Bertz CT molecular complexity index is 1940. The molecule has 1 aromatic carbocycles. The van der Waals surface area contributed by atoms with Crippen molar-refractivity contribution < 1.29 is 24.5 Å². The SMILES string of the molecule is C=C(C)c1c(O)c2c3c(cc4c5c(n1c42)C1(C)C(CCC2[C@]4(C)CCC(=O)O[C@H]4CC[C@@]21C)C5)C1=CC(C)(C)OC(C)(C)C1[C@@H]3O. The van der Waals surface area contributed by atoms with Gasteiger partial charge in [-0.05, 0) is 125 Å². The minimum absolute atomic E-state index is 0.00503. The van der Waals surface area contributed by atoms with Crippen molar-refractivity contribution in [3.05, 3.63) is 46.8 Å². The second-order valence-electron chi connectivity index (χ2n) is 17.8. The molecule has 4 heterocycles. The van der Waals surface area contributed by atoms with Gasteiger partial charge in [-0.2, -0.15) is 0 Å². The van der Waals surface area contributed by atoms with Crippen molar-refractivity contribution in [1.29, 1.82) is 0 Å². The molecule has 3 aromatic rings. The number of nitrogens with zero attached hydrogens (tertiary/aromatic N) is 1. The van der Waals surface area contributed by atoms with E-state index >= 15 is 0 Å². The second kappa shape index (κ2) is 8.41. The van der Waals surface area contributed by atoms with E-state index in [1.165, 1.54) is 16.6 Å². The summed E-state index contributed by atoms with van der Waals surface area (Å²) in [6.07, 6.45) is 8.03. The summed E-state index contributed by atoms with van der Waals surface area (Å²) in [5.74, 6) is 0.899. The van der Waals surface area contributed by atoms with E-state index in [0.717, 1.165) is 77.4 Å². The number of benzene rings is 1. The zero-order valence-corrected chi connectivity index (χ0v) is 28.8. The number of carbonyl (C=O) groups excluding carboxylic acids is 1. The van der Waals surface area contributed by atoms with Gasteiger partial charge in [0.15, 0.2) is 0 Å². The number of aromatic hydroxyl groups is 1. The van der Waals surface area contributed by atoms with Crippen LogP contribution < -0.4 is 0 Å². The van der Waals surface area contributed by atoms with Crippen LogP contribution in [-0.4, -0.2) is 37.9 Å². The molecular formula is C40H49NO5. The molecule has 0 bridgehead atoms. The number of rotatable bonds is 1. The van der Waals surface area contributed by atoms with E-state index < -0.39 is 17.3 Å². The molecule has 244 valence electrons. The maximum absolute atomic E-state index is 12.4. The predicted octanol–water partition coefficient (Wildman–Crippen LogP) is 8.26. The first kappa shape index (κ1) is 29.3. The number of aromatic nitrogens is 1. The maximum atomic E-state index is 12.4. The molecule has 0 amide bonds. The van der Waals surface area contributed by atoms with Crippen molar-refractivity contribution in [2.45, 2.75) is 129 Å². The van der Waals surface area contributed by atoms with Crippen molar-refractivity contribution in [3.8, 4) is 5.75 Å². The van der Waals surface area contributed by atoms with Crippen LogP contribution in [0.25, 0.3) is 27.4 Å². The summed E-state index contributed by atoms with van der Waals surface area (Å²) in [4.78, 5) is 12.4. The number of aliphatic hydroxyl groups is 1. The zero-order chi connectivity index (χ0) is 32.7. The fraction of sp³-hybridized carbons (Fsp3) is 0.625. The lowest BCUT2D eigenvalue weighted by atomic mass is 9.40. The molecule has 2 aromatic heterocycles. The standard InChI is InChI=1S/C40H49NO5/c1-19(2)31-34(44)29-28-21(24-18-36(3,4)46-37(5,6)30(24)33(28)43)17-22-23-16-20-10-11-25-38(7)14-13-27(42)45-26(38)12-15-39(25,8)40(20,9)35(23)41(31)32(22)29/h17-18,20,25-26,30,33,43-44H,1,10-16H2,2-9H3/t20?,25?,26-,30?,33+,38-,39-,40?/m0/s1. The summed E-state index contributed by atoms with van der Waals surface area (Å²) >= 11 is 0. The number of aliphatic hydroxyl groups excluding tert-OH is 1. The first-order valence-electron chi connectivity index (χ1n) is 17.6. The third-order valence-electron chi connectivity index (χ3n) is 14.6. The van der Waals surface area contributed by atoms with Gasteiger partial charge < -0.3 is 24.1 Å². The molecule has 0 spiro atoms. The minimum atomic E-state index is -0.791. The number of carbonyl (C=O) groups is 1. The van der Waals surface area contributed by atoms with Gasteiger partial charge in [-0.25, -0.2) is 0 Å². The van der Waals surface area contributed by atoms with Gasteiger partial charge in [-0.1, -0.05) is 27.4 Å². The highest BCUT2D eigenvalue weighted by molar-refractivity contribution is 6.11. The number of esters is 1. The summed E-state index contributed by atoms with van der Waals surface area (Å²) in [5, 5.41) is 26.4. The van der Waals surface area contributed by atoms with Gasteiger partial charge in [-0.3, -0.25) is 4.79 Å². The number of hydrogen-bond acceptors (Lipinski definition) is 5. The lowest BCUT2D eigenvalue weighted by molar-refractivity contribution is -0.207. The normalized spacial score (nSPS) is 40.1. The quantitative estimate of drug-likeness (QED) is 0.267. The maximum Gasteiger partial charge on any atom is 0.306 e. The minimum Gasteiger partial charge on any atom is -0.505 e.